The number of para-hydroxylation sites is 1. The summed E-state index contributed by atoms with van der Waals surface area (Å²) in [6, 6.07) is 7.23. The minimum absolute atomic E-state index is 0.0244. The number of amides is 1. The average molecular weight is 206 g/mol. The molecule has 2 atom stereocenters. The van der Waals surface area contributed by atoms with Crippen LogP contribution in [0.2, 0.25) is 0 Å². The van der Waals surface area contributed by atoms with Crippen LogP contribution in [-0.4, -0.2) is 19.1 Å². The number of methoxy groups -OCH3 is 1. The van der Waals surface area contributed by atoms with E-state index in [2.05, 4.69) is 5.32 Å². The molecule has 1 heterocycles. The van der Waals surface area contributed by atoms with E-state index in [0.29, 0.717) is 6.42 Å². The van der Waals surface area contributed by atoms with Crippen molar-refractivity contribution in [3.8, 4) is 5.75 Å². The van der Waals surface area contributed by atoms with Crippen LogP contribution in [-0.2, 0) is 4.79 Å². The molecular formula is C11H14N2O2. The molecule has 3 N–H and O–H groups in total. The first-order chi connectivity index (χ1) is 7.22. The number of carbonyl (C=O) groups excluding carboxylic acids is 1. The van der Waals surface area contributed by atoms with Gasteiger partial charge in [0.1, 0.15) is 5.75 Å². The van der Waals surface area contributed by atoms with Gasteiger partial charge in [-0.25, -0.2) is 0 Å². The summed E-state index contributed by atoms with van der Waals surface area (Å²) in [7, 11) is 1.62. The Hall–Kier alpha value is -1.55. The number of ether oxygens (including phenoxy) is 1. The lowest BCUT2D eigenvalue weighted by Crippen LogP contribution is -2.30. The van der Waals surface area contributed by atoms with Crippen LogP contribution in [0.15, 0.2) is 24.3 Å². The van der Waals surface area contributed by atoms with E-state index >= 15 is 0 Å². The number of hydrogen-bond acceptors (Lipinski definition) is 3. The van der Waals surface area contributed by atoms with E-state index < -0.39 is 6.04 Å². The zero-order valence-electron chi connectivity index (χ0n) is 8.57. The molecule has 0 unspecified atom stereocenters. The van der Waals surface area contributed by atoms with Gasteiger partial charge in [-0.3, -0.25) is 4.79 Å². The molecule has 1 saturated heterocycles. The van der Waals surface area contributed by atoms with E-state index in [1.54, 1.807) is 7.11 Å². The minimum atomic E-state index is -0.403. The van der Waals surface area contributed by atoms with Crippen LogP contribution in [0, 0.1) is 0 Å². The Morgan fingerprint density at radius 2 is 2.20 bits per heavy atom. The summed E-state index contributed by atoms with van der Waals surface area (Å²) < 4.78 is 5.24. The first-order valence-corrected chi connectivity index (χ1v) is 4.91. The molecule has 4 nitrogen and oxygen atoms in total. The van der Waals surface area contributed by atoms with E-state index in [4.69, 9.17) is 10.5 Å². The van der Waals surface area contributed by atoms with Gasteiger partial charge in [0.15, 0.2) is 0 Å². The first kappa shape index (κ1) is 9.98. The number of carbonyl (C=O) groups is 1. The fraction of sp³-hybridized carbons (Fsp3) is 0.364. The van der Waals surface area contributed by atoms with E-state index in [0.717, 1.165) is 11.3 Å². The lowest BCUT2D eigenvalue weighted by atomic mass is 10.0. The van der Waals surface area contributed by atoms with Gasteiger partial charge < -0.3 is 15.8 Å². The maximum Gasteiger partial charge on any atom is 0.237 e. The number of nitrogens with one attached hydrogen (secondary N) is 1. The van der Waals surface area contributed by atoms with Crippen molar-refractivity contribution in [2.24, 2.45) is 5.73 Å². The fourth-order valence-electron chi connectivity index (χ4n) is 1.86. The molecule has 0 spiro atoms. The summed E-state index contributed by atoms with van der Waals surface area (Å²) in [5.74, 6) is 0.697. The zero-order chi connectivity index (χ0) is 10.8. The quantitative estimate of drug-likeness (QED) is 0.744. The van der Waals surface area contributed by atoms with Crippen LogP contribution in [0.3, 0.4) is 0 Å². The molecule has 15 heavy (non-hydrogen) atoms. The Labute approximate surface area is 88.4 Å². The second-order valence-corrected chi connectivity index (χ2v) is 3.65. The van der Waals surface area contributed by atoms with Gasteiger partial charge in [0.2, 0.25) is 5.91 Å². The molecule has 2 rings (SSSR count). The van der Waals surface area contributed by atoms with Crippen molar-refractivity contribution in [3.63, 3.8) is 0 Å². The summed E-state index contributed by atoms with van der Waals surface area (Å²) >= 11 is 0. The molecule has 1 aliphatic rings. The molecule has 0 aromatic heterocycles. The standard InChI is InChI=1S/C11H14N2O2/c1-15-10-5-3-2-4-7(10)9-6-8(12)11(14)13-9/h2-5,8-9H,6,12H2,1H3,(H,13,14)/t8-,9+/m1/s1. The van der Waals surface area contributed by atoms with Gasteiger partial charge in [0.05, 0.1) is 19.2 Å². The van der Waals surface area contributed by atoms with Crippen LogP contribution < -0.4 is 15.8 Å². The Morgan fingerprint density at radius 3 is 2.80 bits per heavy atom. The van der Waals surface area contributed by atoms with Crippen LogP contribution >= 0.6 is 0 Å². The molecule has 0 aliphatic carbocycles. The highest BCUT2D eigenvalue weighted by Crippen LogP contribution is 2.30. The summed E-state index contributed by atoms with van der Waals surface area (Å²) in [5.41, 5.74) is 6.63. The van der Waals surface area contributed by atoms with Crippen LogP contribution in [0.4, 0.5) is 0 Å². The maximum absolute atomic E-state index is 11.3. The fourth-order valence-corrected chi connectivity index (χ4v) is 1.86. The summed E-state index contributed by atoms with van der Waals surface area (Å²) in [6.07, 6.45) is 0.624. The van der Waals surface area contributed by atoms with E-state index in [1.807, 2.05) is 24.3 Å². The van der Waals surface area contributed by atoms with Gasteiger partial charge >= 0.3 is 0 Å². The molecular weight excluding hydrogens is 192 g/mol. The van der Waals surface area contributed by atoms with Gasteiger partial charge in [-0.1, -0.05) is 18.2 Å². The topological polar surface area (TPSA) is 64.3 Å². The molecule has 0 bridgehead atoms. The molecule has 4 heteroatoms. The highest BCUT2D eigenvalue weighted by atomic mass is 16.5. The van der Waals surface area contributed by atoms with Crippen molar-refractivity contribution in [2.75, 3.05) is 7.11 Å². The van der Waals surface area contributed by atoms with Crippen LogP contribution in [0.25, 0.3) is 0 Å². The Kier molecular flexibility index (Phi) is 2.60. The zero-order valence-corrected chi connectivity index (χ0v) is 8.57. The Balaban J connectivity index is 2.27. The van der Waals surface area contributed by atoms with Gasteiger partial charge in [-0.05, 0) is 12.5 Å². The smallest absolute Gasteiger partial charge is 0.237 e. The molecule has 0 saturated carbocycles. The average Bonchev–Trinajstić information content (AvgIpc) is 2.59. The van der Waals surface area contributed by atoms with Gasteiger partial charge in [-0.2, -0.15) is 0 Å². The van der Waals surface area contributed by atoms with Gasteiger partial charge in [-0.15, -0.1) is 0 Å². The van der Waals surface area contributed by atoms with E-state index in [1.165, 1.54) is 0 Å². The molecule has 0 radical (unpaired) electrons. The van der Waals surface area contributed by atoms with Crippen LogP contribution in [0.5, 0.6) is 5.75 Å². The molecule has 80 valence electrons. The van der Waals surface area contributed by atoms with Crippen LogP contribution in [0.1, 0.15) is 18.0 Å². The largest absolute Gasteiger partial charge is 0.496 e. The predicted molar refractivity (Wildman–Crippen MR) is 56.5 cm³/mol. The van der Waals surface area contributed by atoms with Crippen molar-refractivity contribution < 1.29 is 9.53 Å². The highest BCUT2D eigenvalue weighted by molar-refractivity contribution is 5.84. The molecule has 1 aromatic rings. The third-order valence-corrected chi connectivity index (χ3v) is 2.66. The molecule has 1 aromatic carbocycles. The molecule has 1 aliphatic heterocycles. The minimum Gasteiger partial charge on any atom is -0.496 e. The van der Waals surface area contributed by atoms with E-state index in [-0.39, 0.29) is 11.9 Å². The molecule has 1 fully saturated rings. The highest BCUT2D eigenvalue weighted by Gasteiger charge is 2.31. The SMILES string of the molecule is COc1ccccc1[C@@H]1C[C@@H](N)C(=O)N1. The normalized spacial score (nSPS) is 25.1. The Bertz CT molecular complexity index is 379. The third-order valence-electron chi connectivity index (χ3n) is 2.66. The van der Waals surface area contributed by atoms with Crippen molar-refractivity contribution in [1.29, 1.82) is 0 Å². The van der Waals surface area contributed by atoms with Gasteiger partial charge in [0.25, 0.3) is 0 Å². The second kappa shape index (κ2) is 3.90. The summed E-state index contributed by atoms with van der Waals surface area (Å²) in [6.45, 7) is 0. The lowest BCUT2D eigenvalue weighted by molar-refractivity contribution is -0.120. The second-order valence-electron chi connectivity index (χ2n) is 3.65. The number of hydrogen-bond donors (Lipinski definition) is 2. The monoisotopic (exact) mass is 206 g/mol. The van der Waals surface area contributed by atoms with Crippen molar-refractivity contribution in [3.05, 3.63) is 29.8 Å². The van der Waals surface area contributed by atoms with Crippen molar-refractivity contribution in [1.82, 2.24) is 5.32 Å². The first-order valence-electron chi connectivity index (χ1n) is 4.91. The Morgan fingerprint density at radius 1 is 1.47 bits per heavy atom. The third kappa shape index (κ3) is 1.80. The lowest BCUT2D eigenvalue weighted by Gasteiger charge is -2.14. The number of rotatable bonds is 2. The predicted octanol–water partition coefficient (Wildman–Crippen LogP) is 0.583. The molecule has 1 amide bonds. The van der Waals surface area contributed by atoms with E-state index in [9.17, 15) is 4.79 Å². The van der Waals surface area contributed by atoms with Gasteiger partial charge in [0, 0.05) is 5.56 Å². The van der Waals surface area contributed by atoms with Crippen molar-refractivity contribution >= 4 is 5.91 Å². The number of nitrogens with two attached hydrogens (primary N) is 1. The summed E-state index contributed by atoms with van der Waals surface area (Å²) in [4.78, 5) is 11.3. The maximum atomic E-state index is 11.3. The van der Waals surface area contributed by atoms with Crippen molar-refractivity contribution in [2.45, 2.75) is 18.5 Å². The number of benzene rings is 1. The summed E-state index contributed by atoms with van der Waals surface area (Å²) in [5, 5.41) is 2.85.